The van der Waals surface area contributed by atoms with Crippen LogP contribution in [0.5, 0.6) is 0 Å². The van der Waals surface area contributed by atoms with Crippen molar-refractivity contribution in [3.8, 4) is 0 Å². The molecule has 0 aromatic heterocycles. The van der Waals surface area contributed by atoms with Crippen LogP contribution in [0.3, 0.4) is 0 Å². The average molecular weight is 258 g/mol. The molecule has 20 heavy (non-hydrogen) atoms. The molecule has 1 atom stereocenters. The summed E-state index contributed by atoms with van der Waals surface area (Å²) in [6.45, 7) is 0. The van der Waals surface area contributed by atoms with E-state index in [1.54, 1.807) is 0 Å². The fraction of sp³-hybridized carbons (Fsp3) is 0.105. The molecule has 1 nitrogen and oxygen atoms in total. The molecule has 3 aromatic carbocycles. The van der Waals surface area contributed by atoms with E-state index in [1.807, 2.05) is 30.3 Å². The molecule has 1 aliphatic carbocycles. The number of Topliss-reactive ketones (excluding diaryl/α,β-unsaturated/α-hetero) is 1. The zero-order valence-electron chi connectivity index (χ0n) is 11.0. The topological polar surface area (TPSA) is 17.1 Å². The second kappa shape index (κ2) is 4.31. The zero-order chi connectivity index (χ0) is 13.5. The Morgan fingerprint density at radius 3 is 2.40 bits per heavy atom. The van der Waals surface area contributed by atoms with Crippen molar-refractivity contribution in [2.24, 2.45) is 0 Å². The molecule has 4 rings (SSSR count). The number of carbonyl (C=O) groups excluding carboxylic acids is 1. The molecule has 0 saturated heterocycles. The van der Waals surface area contributed by atoms with E-state index in [9.17, 15) is 4.79 Å². The minimum atomic E-state index is -0.0167. The predicted molar refractivity (Wildman–Crippen MR) is 81.2 cm³/mol. The van der Waals surface area contributed by atoms with Gasteiger partial charge in [0.15, 0.2) is 5.78 Å². The molecule has 0 spiro atoms. The van der Waals surface area contributed by atoms with Crippen LogP contribution in [0.25, 0.3) is 10.8 Å². The number of rotatable bonds is 1. The number of benzene rings is 3. The van der Waals surface area contributed by atoms with Gasteiger partial charge in [-0.3, -0.25) is 4.79 Å². The molecule has 1 heteroatoms. The van der Waals surface area contributed by atoms with Crippen molar-refractivity contribution in [3.63, 3.8) is 0 Å². The van der Waals surface area contributed by atoms with Crippen LogP contribution in [-0.2, 0) is 6.42 Å². The van der Waals surface area contributed by atoms with Gasteiger partial charge in [0, 0.05) is 5.56 Å². The van der Waals surface area contributed by atoms with Gasteiger partial charge >= 0.3 is 0 Å². The van der Waals surface area contributed by atoms with Crippen LogP contribution in [0.2, 0.25) is 0 Å². The van der Waals surface area contributed by atoms with Crippen LogP contribution < -0.4 is 0 Å². The smallest absolute Gasteiger partial charge is 0.170 e. The third kappa shape index (κ3) is 1.67. The fourth-order valence-corrected chi connectivity index (χ4v) is 3.13. The van der Waals surface area contributed by atoms with Crippen molar-refractivity contribution < 1.29 is 4.79 Å². The summed E-state index contributed by atoms with van der Waals surface area (Å²) in [5.41, 5.74) is 3.20. The highest BCUT2D eigenvalue weighted by Gasteiger charge is 2.31. The second-order valence-corrected chi connectivity index (χ2v) is 5.38. The van der Waals surface area contributed by atoms with Gasteiger partial charge in [-0.05, 0) is 28.3 Å². The SMILES string of the molecule is O=C1c2ccccc2CC1c1ccc2ccccc2c1. The van der Waals surface area contributed by atoms with Crippen molar-refractivity contribution in [3.05, 3.63) is 83.4 Å². The highest BCUT2D eigenvalue weighted by molar-refractivity contribution is 6.05. The van der Waals surface area contributed by atoms with Gasteiger partial charge in [-0.1, -0.05) is 66.7 Å². The number of hydrogen-bond acceptors (Lipinski definition) is 1. The van der Waals surface area contributed by atoms with E-state index in [0.717, 1.165) is 17.5 Å². The van der Waals surface area contributed by atoms with Crippen LogP contribution in [0.1, 0.15) is 27.4 Å². The van der Waals surface area contributed by atoms with Gasteiger partial charge in [-0.25, -0.2) is 0 Å². The van der Waals surface area contributed by atoms with Crippen molar-refractivity contribution in [2.45, 2.75) is 12.3 Å². The normalized spacial score (nSPS) is 17.4. The fourth-order valence-electron chi connectivity index (χ4n) is 3.13. The molecule has 1 aliphatic rings. The summed E-state index contributed by atoms with van der Waals surface area (Å²) in [6, 6.07) is 22.6. The number of carbonyl (C=O) groups is 1. The lowest BCUT2D eigenvalue weighted by molar-refractivity contribution is 0.0973. The summed E-state index contributed by atoms with van der Waals surface area (Å²) in [5.74, 6) is 0.243. The van der Waals surface area contributed by atoms with Crippen LogP contribution in [-0.4, -0.2) is 5.78 Å². The van der Waals surface area contributed by atoms with Gasteiger partial charge in [0.1, 0.15) is 0 Å². The van der Waals surface area contributed by atoms with Crippen molar-refractivity contribution in [1.82, 2.24) is 0 Å². The standard InChI is InChI=1S/C19H14O/c20-19-17-8-4-3-7-15(17)12-18(19)16-10-9-13-5-1-2-6-14(13)11-16/h1-11,18H,12H2. The molecule has 0 heterocycles. The lowest BCUT2D eigenvalue weighted by Gasteiger charge is -2.09. The van der Waals surface area contributed by atoms with E-state index in [4.69, 9.17) is 0 Å². The molecule has 0 fully saturated rings. The van der Waals surface area contributed by atoms with Crippen LogP contribution in [0.4, 0.5) is 0 Å². The minimum Gasteiger partial charge on any atom is -0.293 e. The summed E-state index contributed by atoms with van der Waals surface area (Å²) in [6.07, 6.45) is 0.827. The summed E-state index contributed by atoms with van der Waals surface area (Å²) < 4.78 is 0. The minimum absolute atomic E-state index is 0.0167. The molecular weight excluding hydrogens is 244 g/mol. The number of ketones is 1. The molecule has 96 valence electrons. The van der Waals surface area contributed by atoms with Gasteiger partial charge in [-0.15, -0.1) is 0 Å². The van der Waals surface area contributed by atoms with E-state index in [-0.39, 0.29) is 11.7 Å². The maximum absolute atomic E-state index is 12.5. The Morgan fingerprint density at radius 2 is 1.55 bits per heavy atom. The van der Waals surface area contributed by atoms with E-state index in [2.05, 4.69) is 36.4 Å². The molecule has 0 radical (unpaired) electrons. The second-order valence-electron chi connectivity index (χ2n) is 5.38. The van der Waals surface area contributed by atoms with Crippen molar-refractivity contribution in [2.75, 3.05) is 0 Å². The number of fused-ring (bicyclic) bond motifs is 2. The Bertz CT molecular complexity index is 817. The maximum Gasteiger partial charge on any atom is 0.170 e. The van der Waals surface area contributed by atoms with Crippen LogP contribution in [0, 0.1) is 0 Å². The Hall–Kier alpha value is -2.41. The first-order valence-electron chi connectivity index (χ1n) is 6.94. The Balaban J connectivity index is 1.80. The molecule has 0 N–H and O–H groups in total. The number of hydrogen-bond donors (Lipinski definition) is 0. The Labute approximate surface area is 117 Å². The van der Waals surface area contributed by atoms with Gasteiger partial charge in [-0.2, -0.15) is 0 Å². The summed E-state index contributed by atoms with van der Waals surface area (Å²) in [4.78, 5) is 12.5. The average Bonchev–Trinajstić information content (AvgIpc) is 2.84. The van der Waals surface area contributed by atoms with Crippen LogP contribution in [0.15, 0.2) is 66.7 Å². The summed E-state index contributed by atoms with van der Waals surface area (Å²) >= 11 is 0. The van der Waals surface area contributed by atoms with Crippen molar-refractivity contribution in [1.29, 1.82) is 0 Å². The van der Waals surface area contributed by atoms with Crippen LogP contribution >= 0.6 is 0 Å². The third-order valence-corrected chi connectivity index (χ3v) is 4.20. The van der Waals surface area contributed by atoms with Gasteiger partial charge < -0.3 is 0 Å². The van der Waals surface area contributed by atoms with Crippen molar-refractivity contribution >= 4 is 16.6 Å². The lowest BCUT2D eigenvalue weighted by Crippen LogP contribution is -2.06. The Kier molecular flexibility index (Phi) is 2.46. The predicted octanol–water partition coefficient (Wildman–Crippen LogP) is 4.36. The quantitative estimate of drug-likeness (QED) is 0.633. The van der Waals surface area contributed by atoms with Gasteiger partial charge in [0.05, 0.1) is 5.92 Å². The molecule has 0 bridgehead atoms. The first kappa shape index (κ1) is 11.4. The maximum atomic E-state index is 12.5. The summed E-state index contributed by atoms with van der Waals surface area (Å²) in [7, 11) is 0. The first-order valence-corrected chi connectivity index (χ1v) is 6.94. The zero-order valence-corrected chi connectivity index (χ0v) is 11.0. The largest absolute Gasteiger partial charge is 0.293 e. The van der Waals surface area contributed by atoms with E-state index in [1.165, 1.54) is 16.3 Å². The van der Waals surface area contributed by atoms with E-state index in [0.29, 0.717) is 0 Å². The third-order valence-electron chi connectivity index (χ3n) is 4.20. The van der Waals surface area contributed by atoms with Gasteiger partial charge in [0.2, 0.25) is 0 Å². The van der Waals surface area contributed by atoms with E-state index >= 15 is 0 Å². The molecular formula is C19H14O. The monoisotopic (exact) mass is 258 g/mol. The summed E-state index contributed by atoms with van der Waals surface area (Å²) in [5, 5.41) is 2.42. The molecule has 0 aliphatic heterocycles. The molecule has 0 saturated carbocycles. The lowest BCUT2D eigenvalue weighted by atomic mass is 9.93. The first-order chi connectivity index (χ1) is 9.83. The molecule has 0 amide bonds. The van der Waals surface area contributed by atoms with E-state index < -0.39 is 0 Å². The highest BCUT2D eigenvalue weighted by Crippen LogP contribution is 2.34. The molecule has 3 aromatic rings. The highest BCUT2D eigenvalue weighted by atomic mass is 16.1. The van der Waals surface area contributed by atoms with Gasteiger partial charge in [0.25, 0.3) is 0 Å². The molecule has 1 unspecified atom stereocenters. The Morgan fingerprint density at radius 1 is 0.800 bits per heavy atom.